The first-order valence-corrected chi connectivity index (χ1v) is 9.37. The molecule has 0 bridgehead atoms. The lowest BCUT2D eigenvalue weighted by Gasteiger charge is -2.16. The van der Waals surface area contributed by atoms with Gasteiger partial charge in [-0.2, -0.15) is 10.5 Å². The van der Waals surface area contributed by atoms with Crippen molar-refractivity contribution in [2.24, 2.45) is 0 Å². The van der Waals surface area contributed by atoms with Crippen molar-refractivity contribution in [3.63, 3.8) is 0 Å². The minimum atomic E-state index is -0.503. The van der Waals surface area contributed by atoms with Gasteiger partial charge in [-0.1, -0.05) is 24.3 Å². The molecule has 0 aliphatic heterocycles. The maximum absolute atomic E-state index is 12.4. The average molecular weight is 396 g/mol. The first kappa shape index (κ1) is 20.4. The molecular formula is C24H20N4O2. The molecule has 0 saturated carbocycles. The number of carbonyl (C=O) groups is 1. The fourth-order valence-electron chi connectivity index (χ4n) is 2.79. The van der Waals surface area contributed by atoms with Crippen molar-refractivity contribution in [1.29, 1.82) is 10.5 Å². The molecule has 0 fully saturated rings. The summed E-state index contributed by atoms with van der Waals surface area (Å²) >= 11 is 0. The predicted molar refractivity (Wildman–Crippen MR) is 115 cm³/mol. The third-order valence-electron chi connectivity index (χ3n) is 4.40. The highest BCUT2D eigenvalue weighted by Gasteiger charge is 2.14. The van der Waals surface area contributed by atoms with E-state index in [1.807, 2.05) is 36.4 Å². The van der Waals surface area contributed by atoms with Gasteiger partial charge < -0.3 is 15.4 Å². The number of amides is 1. The summed E-state index contributed by atoms with van der Waals surface area (Å²) in [6.45, 7) is 2.11. The zero-order valence-corrected chi connectivity index (χ0v) is 16.4. The Morgan fingerprint density at radius 2 is 1.77 bits per heavy atom. The third-order valence-corrected chi connectivity index (χ3v) is 4.40. The van der Waals surface area contributed by atoms with Gasteiger partial charge in [0.05, 0.1) is 22.9 Å². The lowest BCUT2D eigenvalue weighted by molar-refractivity contribution is -0.116. The van der Waals surface area contributed by atoms with Crippen LogP contribution in [0.5, 0.6) is 5.75 Å². The molecular weight excluding hydrogens is 376 g/mol. The van der Waals surface area contributed by atoms with Crippen LogP contribution in [-0.4, -0.2) is 11.9 Å². The molecule has 0 aliphatic rings. The van der Waals surface area contributed by atoms with E-state index in [1.54, 1.807) is 43.3 Å². The van der Waals surface area contributed by atoms with Crippen LogP contribution < -0.4 is 15.4 Å². The minimum absolute atomic E-state index is 0.240. The van der Waals surface area contributed by atoms with E-state index < -0.39 is 6.04 Å². The highest BCUT2D eigenvalue weighted by molar-refractivity contribution is 5.97. The van der Waals surface area contributed by atoms with Crippen LogP contribution in [0.15, 0.2) is 72.8 Å². The van der Waals surface area contributed by atoms with E-state index >= 15 is 0 Å². The van der Waals surface area contributed by atoms with Crippen molar-refractivity contribution < 1.29 is 9.53 Å². The van der Waals surface area contributed by atoms with Gasteiger partial charge in [-0.25, -0.2) is 0 Å². The molecule has 1 unspecified atom stereocenters. The van der Waals surface area contributed by atoms with Crippen molar-refractivity contribution in [3.05, 3.63) is 89.5 Å². The van der Waals surface area contributed by atoms with Gasteiger partial charge >= 0.3 is 0 Å². The van der Waals surface area contributed by atoms with Gasteiger partial charge in [0.25, 0.3) is 0 Å². The number of rotatable bonds is 7. The standard InChI is InChI=1S/C24H20N4O2/c1-17(24(29)28-23-8-3-2-7-20(23)15-26)27-21-9-11-22(12-10-21)30-16-19-6-4-5-18(13-19)14-25/h2-13,17,27H,16H2,1H3,(H,28,29). The summed E-state index contributed by atoms with van der Waals surface area (Å²) in [5, 5.41) is 24.0. The van der Waals surface area contributed by atoms with Crippen LogP contribution in [0.25, 0.3) is 0 Å². The number of hydrogen-bond acceptors (Lipinski definition) is 5. The molecule has 148 valence electrons. The topological polar surface area (TPSA) is 97.9 Å². The molecule has 1 amide bonds. The molecule has 0 aliphatic carbocycles. The molecule has 1 atom stereocenters. The maximum atomic E-state index is 12.4. The van der Waals surface area contributed by atoms with E-state index in [1.165, 1.54) is 0 Å². The van der Waals surface area contributed by atoms with Gasteiger partial charge in [0.1, 0.15) is 24.5 Å². The van der Waals surface area contributed by atoms with Crippen molar-refractivity contribution in [1.82, 2.24) is 0 Å². The first-order chi connectivity index (χ1) is 14.6. The van der Waals surface area contributed by atoms with Gasteiger partial charge in [0.15, 0.2) is 0 Å². The number of anilines is 2. The number of para-hydroxylation sites is 1. The van der Waals surface area contributed by atoms with Gasteiger partial charge in [-0.05, 0) is 61.0 Å². The summed E-state index contributed by atoms with van der Waals surface area (Å²) in [5.41, 5.74) is 3.19. The highest BCUT2D eigenvalue weighted by Crippen LogP contribution is 2.19. The molecule has 3 aromatic rings. The number of nitrogens with zero attached hydrogens (tertiary/aromatic N) is 2. The van der Waals surface area contributed by atoms with Crippen LogP contribution in [0.2, 0.25) is 0 Å². The largest absolute Gasteiger partial charge is 0.489 e. The maximum Gasteiger partial charge on any atom is 0.246 e. The second kappa shape index (κ2) is 9.77. The molecule has 0 aromatic heterocycles. The van der Waals surface area contributed by atoms with E-state index in [2.05, 4.69) is 22.8 Å². The molecule has 0 heterocycles. The summed E-state index contributed by atoms with van der Waals surface area (Å²) in [6.07, 6.45) is 0. The Balaban J connectivity index is 1.55. The van der Waals surface area contributed by atoms with E-state index in [4.69, 9.17) is 15.3 Å². The molecule has 30 heavy (non-hydrogen) atoms. The summed E-state index contributed by atoms with van der Waals surface area (Å²) in [7, 11) is 0. The zero-order chi connectivity index (χ0) is 21.3. The Morgan fingerprint density at radius 3 is 2.50 bits per heavy atom. The SMILES string of the molecule is CC(Nc1ccc(OCc2cccc(C#N)c2)cc1)C(=O)Nc1ccccc1C#N. The van der Waals surface area contributed by atoms with E-state index in [-0.39, 0.29) is 5.91 Å². The Kier molecular flexibility index (Phi) is 6.66. The lowest BCUT2D eigenvalue weighted by atomic mass is 10.1. The average Bonchev–Trinajstić information content (AvgIpc) is 2.79. The molecule has 6 nitrogen and oxygen atoms in total. The Labute approximate surface area is 175 Å². The Morgan fingerprint density at radius 1 is 1.00 bits per heavy atom. The summed E-state index contributed by atoms with van der Waals surface area (Å²) in [4.78, 5) is 12.4. The van der Waals surface area contributed by atoms with Crippen LogP contribution >= 0.6 is 0 Å². The Bertz CT molecular complexity index is 1110. The van der Waals surface area contributed by atoms with Crippen molar-refractivity contribution in [2.45, 2.75) is 19.6 Å². The van der Waals surface area contributed by atoms with Gasteiger partial charge in [-0.15, -0.1) is 0 Å². The molecule has 0 radical (unpaired) electrons. The molecule has 3 rings (SSSR count). The van der Waals surface area contributed by atoms with E-state index in [9.17, 15) is 4.79 Å². The second-order valence-electron chi connectivity index (χ2n) is 6.64. The van der Waals surface area contributed by atoms with Crippen LogP contribution in [0.3, 0.4) is 0 Å². The van der Waals surface area contributed by atoms with E-state index in [0.29, 0.717) is 29.2 Å². The second-order valence-corrected chi connectivity index (χ2v) is 6.64. The first-order valence-electron chi connectivity index (χ1n) is 9.37. The van der Waals surface area contributed by atoms with Crippen LogP contribution in [-0.2, 0) is 11.4 Å². The summed E-state index contributed by atoms with van der Waals surface area (Å²) < 4.78 is 5.76. The normalized spacial score (nSPS) is 10.9. The lowest BCUT2D eigenvalue weighted by Crippen LogP contribution is -2.32. The molecule has 2 N–H and O–H groups in total. The molecule has 3 aromatic carbocycles. The summed E-state index contributed by atoms with van der Waals surface area (Å²) in [6, 6.07) is 25.1. The van der Waals surface area contributed by atoms with Crippen LogP contribution in [0, 0.1) is 22.7 Å². The molecule has 0 spiro atoms. The zero-order valence-electron chi connectivity index (χ0n) is 16.4. The third kappa shape index (κ3) is 5.37. The number of nitrogens with one attached hydrogen (secondary N) is 2. The number of ether oxygens (including phenoxy) is 1. The van der Waals surface area contributed by atoms with Crippen molar-refractivity contribution >= 4 is 17.3 Å². The fraction of sp³-hybridized carbons (Fsp3) is 0.125. The van der Waals surface area contributed by atoms with Crippen molar-refractivity contribution in [3.8, 4) is 17.9 Å². The van der Waals surface area contributed by atoms with Gasteiger partial charge in [-0.3, -0.25) is 4.79 Å². The number of benzene rings is 3. The fourth-order valence-corrected chi connectivity index (χ4v) is 2.79. The quantitative estimate of drug-likeness (QED) is 0.615. The Hall–Kier alpha value is -4.29. The molecule has 6 heteroatoms. The summed E-state index contributed by atoms with van der Waals surface area (Å²) in [5.74, 6) is 0.443. The number of carbonyl (C=O) groups excluding carboxylic acids is 1. The molecule has 0 saturated heterocycles. The van der Waals surface area contributed by atoms with Crippen LogP contribution in [0.4, 0.5) is 11.4 Å². The van der Waals surface area contributed by atoms with Crippen LogP contribution in [0.1, 0.15) is 23.6 Å². The van der Waals surface area contributed by atoms with Gasteiger partial charge in [0, 0.05) is 5.69 Å². The van der Waals surface area contributed by atoms with Crippen molar-refractivity contribution in [2.75, 3.05) is 10.6 Å². The monoisotopic (exact) mass is 396 g/mol. The number of hydrogen-bond donors (Lipinski definition) is 2. The minimum Gasteiger partial charge on any atom is -0.489 e. The number of nitriles is 2. The smallest absolute Gasteiger partial charge is 0.246 e. The highest BCUT2D eigenvalue weighted by atomic mass is 16.5. The predicted octanol–water partition coefficient (Wildman–Crippen LogP) is 4.45. The van der Waals surface area contributed by atoms with Gasteiger partial charge in [0.2, 0.25) is 5.91 Å². The van der Waals surface area contributed by atoms with E-state index in [0.717, 1.165) is 11.3 Å².